The van der Waals surface area contributed by atoms with E-state index in [1.54, 1.807) is 0 Å². The average molecular weight is 429 g/mol. The van der Waals surface area contributed by atoms with Gasteiger partial charge in [-0.15, -0.1) is 24.0 Å². The number of anilines is 1. The number of halogens is 1. The van der Waals surface area contributed by atoms with Crippen LogP contribution in [0.4, 0.5) is 5.82 Å². The van der Waals surface area contributed by atoms with Gasteiger partial charge in [-0.3, -0.25) is 4.99 Å². The molecule has 2 aliphatic rings. The maximum Gasteiger partial charge on any atom is 0.193 e. The van der Waals surface area contributed by atoms with E-state index < -0.39 is 0 Å². The largest absolute Gasteiger partial charge is 0.356 e. The van der Waals surface area contributed by atoms with Crippen molar-refractivity contribution in [3.8, 4) is 0 Å². The van der Waals surface area contributed by atoms with E-state index in [0.717, 1.165) is 50.4 Å². The number of aliphatic imine (C=N–C) groups is 1. The van der Waals surface area contributed by atoms with Gasteiger partial charge in [0.2, 0.25) is 0 Å². The van der Waals surface area contributed by atoms with Gasteiger partial charge in [0.05, 0.1) is 0 Å². The van der Waals surface area contributed by atoms with Gasteiger partial charge < -0.3 is 15.1 Å². The van der Waals surface area contributed by atoms with Gasteiger partial charge in [0.15, 0.2) is 5.96 Å². The van der Waals surface area contributed by atoms with Gasteiger partial charge >= 0.3 is 0 Å². The fraction of sp³-hybridized carbons (Fsp3) is 0.647. The molecule has 2 heterocycles. The molecule has 1 aromatic heterocycles. The first kappa shape index (κ1) is 18.3. The minimum atomic E-state index is 0. The summed E-state index contributed by atoms with van der Waals surface area (Å²) in [6.07, 6.45) is 7.39. The molecule has 2 fully saturated rings. The van der Waals surface area contributed by atoms with Crippen molar-refractivity contribution in [1.29, 1.82) is 0 Å². The third kappa shape index (κ3) is 5.51. The lowest BCUT2D eigenvalue weighted by Crippen LogP contribution is -2.52. The van der Waals surface area contributed by atoms with E-state index in [1.807, 2.05) is 19.3 Å². The first-order valence-corrected chi connectivity index (χ1v) is 8.48. The molecule has 1 N–H and O–H groups in total. The highest BCUT2D eigenvalue weighted by molar-refractivity contribution is 14.0. The minimum Gasteiger partial charge on any atom is -0.356 e. The number of nitrogens with one attached hydrogen (secondary N) is 1. The van der Waals surface area contributed by atoms with E-state index >= 15 is 0 Å². The van der Waals surface area contributed by atoms with Crippen LogP contribution in [-0.2, 0) is 0 Å². The fourth-order valence-corrected chi connectivity index (χ4v) is 3.02. The molecule has 3 rings (SSSR count). The lowest BCUT2D eigenvalue weighted by atomic mass is 10.2. The molecule has 5 nitrogen and oxygen atoms in total. The van der Waals surface area contributed by atoms with E-state index in [0.29, 0.717) is 0 Å². The van der Waals surface area contributed by atoms with E-state index in [-0.39, 0.29) is 24.0 Å². The van der Waals surface area contributed by atoms with Crippen LogP contribution in [0.25, 0.3) is 0 Å². The van der Waals surface area contributed by atoms with Crippen LogP contribution >= 0.6 is 24.0 Å². The van der Waals surface area contributed by atoms with Gasteiger partial charge in [-0.2, -0.15) is 0 Å². The highest BCUT2D eigenvalue weighted by Crippen LogP contribution is 2.33. The van der Waals surface area contributed by atoms with Crippen LogP contribution in [0.2, 0.25) is 0 Å². The van der Waals surface area contributed by atoms with E-state index in [1.165, 1.54) is 25.7 Å². The zero-order valence-electron chi connectivity index (χ0n) is 13.9. The van der Waals surface area contributed by atoms with Crippen molar-refractivity contribution in [3.63, 3.8) is 0 Å². The second-order valence-corrected chi connectivity index (χ2v) is 6.22. The number of nitrogens with zero attached hydrogens (tertiary/aromatic N) is 4. The lowest BCUT2D eigenvalue weighted by molar-refractivity contribution is 0.371. The summed E-state index contributed by atoms with van der Waals surface area (Å²) in [5.41, 5.74) is 0. The molecule has 1 aromatic rings. The summed E-state index contributed by atoms with van der Waals surface area (Å²) < 4.78 is 0. The second kappa shape index (κ2) is 9.30. The molecule has 0 atom stereocenters. The Morgan fingerprint density at radius 2 is 2.04 bits per heavy atom. The zero-order valence-corrected chi connectivity index (χ0v) is 16.3. The van der Waals surface area contributed by atoms with Gasteiger partial charge in [0.25, 0.3) is 0 Å². The van der Waals surface area contributed by atoms with Crippen LogP contribution < -0.4 is 10.2 Å². The van der Waals surface area contributed by atoms with Crippen molar-refractivity contribution in [2.45, 2.75) is 25.7 Å². The highest BCUT2D eigenvalue weighted by Gasteiger charge is 2.21. The molecule has 0 amide bonds. The van der Waals surface area contributed by atoms with Crippen molar-refractivity contribution in [3.05, 3.63) is 24.4 Å². The Kier molecular flexibility index (Phi) is 7.39. The third-order valence-corrected chi connectivity index (χ3v) is 4.53. The first-order valence-electron chi connectivity index (χ1n) is 8.48. The molecule has 0 radical (unpaired) electrons. The molecule has 0 spiro atoms. The van der Waals surface area contributed by atoms with Crippen molar-refractivity contribution in [1.82, 2.24) is 15.2 Å². The number of rotatable bonds is 5. The minimum absolute atomic E-state index is 0. The van der Waals surface area contributed by atoms with Gasteiger partial charge in [0, 0.05) is 46.0 Å². The topological polar surface area (TPSA) is 43.8 Å². The van der Waals surface area contributed by atoms with Crippen LogP contribution in [0.1, 0.15) is 25.7 Å². The summed E-state index contributed by atoms with van der Waals surface area (Å²) in [6, 6.07) is 6.10. The van der Waals surface area contributed by atoms with Crippen molar-refractivity contribution in [2.24, 2.45) is 10.9 Å². The summed E-state index contributed by atoms with van der Waals surface area (Å²) >= 11 is 0. The van der Waals surface area contributed by atoms with Crippen molar-refractivity contribution in [2.75, 3.05) is 44.7 Å². The van der Waals surface area contributed by atoms with Gasteiger partial charge in [-0.25, -0.2) is 4.98 Å². The molecular weight excluding hydrogens is 401 g/mol. The third-order valence-electron chi connectivity index (χ3n) is 4.53. The molecule has 23 heavy (non-hydrogen) atoms. The van der Waals surface area contributed by atoms with Crippen LogP contribution in [0, 0.1) is 5.92 Å². The lowest BCUT2D eigenvalue weighted by Gasteiger charge is -2.37. The number of pyridine rings is 1. The number of aromatic nitrogens is 1. The summed E-state index contributed by atoms with van der Waals surface area (Å²) in [5, 5.41) is 3.52. The van der Waals surface area contributed by atoms with Gasteiger partial charge in [0.1, 0.15) is 5.82 Å². The van der Waals surface area contributed by atoms with Crippen LogP contribution in [-0.4, -0.2) is 55.6 Å². The number of hydrogen-bond donors (Lipinski definition) is 1. The Balaban J connectivity index is 0.00000192. The molecule has 1 saturated carbocycles. The van der Waals surface area contributed by atoms with E-state index in [4.69, 9.17) is 0 Å². The van der Waals surface area contributed by atoms with Gasteiger partial charge in [-0.05, 0) is 30.9 Å². The smallest absolute Gasteiger partial charge is 0.193 e. The Bertz CT molecular complexity index is 481. The van der Waals surface area contributed by atoms with E-state index in [9.17, 15) is 0 Å². The number of hydrogen-bond acceptors (Lipinski definition) is 3. The quantitative estimate of drug-likeness (QED) is 0.338. The van der Waals surface area contributed by atoms with Crippen LogP contribution in [0.5, 0.6) is 0 Å². The molecular formula is C17H28IN5. The molecule has 1 saturated heterocycles. The maximum absolute atomic E-state index is 4.44. The average Bonchev–Trinajstić information content (AvgIpc) is 3.40. The monoisotopic (exact) mass is 429 g/mol. The van der Waals surface area contributed by atoms with Crippen molar-refractivity contribution >= 4 is 35.8 Å². The molecule has 0 aromatic carbocycles. The Labute approximate surface area is 156 Å². The molecule has 1 aliphatic heterocycles. The van der Waals surface area contributed by atoms with Crippen molar-refractivity contribution < 1.29 is 0 Å². The highest BCUT2D eigenvalue weighted by atomic mass is 127. The number of guanidine groups is 1. The Morgan fingerprint density at radius 1 is 1.26 bits per heavy atom. The predicted molar refractivity (Wildman–Crippen MR) is 107 cm³/mol. The predicted octanol–water partition coefficient (Wildman–Crippen LogP) is 2.59. The van der Waals surface area contributed by atoms with E-state index in [2.05, 4.69) is 37.2 Å². The summed E-state index contributed by atoms with van der Waals surface area (Å²) in [7, 11) is 1.88. The fourth-order valence-electron chi connectivity index (χ4n) is 3.02. The Hall–Kier alpha value is -1.05. The first-order chi connectivity index (χ1) is 10.9. The maximum atomic E-state index is 4.44. The molecule has 1 aliphatic carbocycles. The molecule has 6 heteroatoms. The summed E-state index contributed by atoms with van der Waals surface area (Å²) in [4.78, 5) is 13.6. The standard InChI is InChI=1S/C17H27N5.HI/c1-18-17(20-10-4-5-15-7-8-15)22-13-11-21(12-14-22)16-6-2-3-9-19-16;/h2-3,6,9,15H,4-5,7-8,10-14H2,1H3,(H,18,20);1H. The Morgan fingerprint density at radius 3 is 2.65 bits per heavy atom. The second-order valence-electron chi connectivity index (χ2n) is 6.22. The SMILES string of the molecule is CN=C(NCCCC1CC1)N1CCN(c2ccccn2)CC1.I. The zero-order chi connectivity index (χ0) is 15.2. The van der Waals surface area contributed by atoms with Crippen LogP contribution in [0.15, 0.2) is 29.4 Å². The van der Waals surface area contributed by atoms with Gasteiger partial charge in [-0.1, -0.05) is 18.9 Å². The normalized spacial score (nSPS) is 18.6. The summed E-state index contributed by atoms with van der Waals surface area (Å²) in [5.74, 6) is 3.15. The molecule has 0 unspecified atom stereocenters. The number of piperazine rings is 1. The summed E-state index contributed by atoms with van der Waals surface area (Å²) in [6.45, 7) is 5.04. The molecule has 0 bridgehead atoms. The van der Waals surface area contributed by atoms with Crippen LogP contribution in [0.3, 0.4) is 0 Å². The molecule has 128 valence electrons.